The van der Waals surface area contributed by atoms with Gasteiger partial charge < -0.3 is 15.2 Å². The van der Waals surface area contributed by atoms with E-state index in [1.165, 1.54) is 41.4 Å². The van der Waals surface area contributed by atoms with Gasteiger partial charge in [-0.2, -0.15) is 10.4 Å². The molecule has 2 heterocycles. The standard InChI is InChI=1S/C22H15ClN6O3/c1-13-16(12-25-29(13)19-5-3-2-4-15(19)11-24)22(31)26-18-10-14(6-7-17(18)23)21(30)27-20-8-9-32-28-20/h2-10,12H,1H3,(H,26,31)(H,27,28,30). The van der Waals surface area contributed by atoms with Crippen molar-refractivity contribution in [3.05, 3.63) is 88.4 Å². The molecule has 2 aromatic heterocycles. The SMILES string of the molecule is Cc1c(C(=O)Nc2cc(C(=O)Nc3ccon3)ccc2Cl)cnn1-c1ccccc1C#N. The molecule has 4 aromatic rings. The molecule has 0 atom stereocenters. The maximum absolute atomic E-state index is 12.9. The average Bonchev–Trinajstić information content (AvgIpc) is 3.44. The predicted molar refractivity (Wildman–Crippen MR) is 117 cm³/mol. The maximum atomic E-state index is 12.9. The molecule has 0 saturated carbocycles. The number of carbonyl (C=O) groups excluding carboxylic acids is 2. The number of carbonyl (C=O) groups is 2. The largest absolute Gasteiger partial charge is 0.363 e. The molecule has 0 unspecified atom stereocenters. The zero-order valence-electron chi connectivity index (χ0n) is 16.7. The smallest absolute Gasteiger partial charge is 0.259 e. The number of aromatic nitrogens is 3. The van der Waals surface area contributed by atoms with Gasteiger partial charge in [-0.15, -0.1) is 0 Å². The first-order chi connectivity index (χ1) is 15.5. The highest BCUT2D eigenvalue weighted by Gasteiger charge is 2.19. The number of hydrogen-bond acceptors (Lipinski definition) is 6. The summed E-state index contributed by atoms with van der Waals surface area (Å²) >= 11 is 6.22. The molecular weight excluding hydrogens is 432 g/mol. The average molecular weight is 447 g/mol. The Morgan fingerprint density at radius 2 is 1.94 bits per heavy atom. The van der Waals surface area contributed by atoms with Crippen LogP contribution in [-0.4, -0.2) is 26.8 Å². The number of anilines is 2. The third-order valence-corrected chi connectivity index (χ3v) is 4.99. The quantitative estimate of drug-likeness (QED) is 0.473. The molecule has 4 rings (SSSR count). The van der Waals surface area contributed by atoms with Crippen molar-refractivity contribution in [2.45, 2.75) is 6.92 Å². The van der Waals surface area contributed by atoms with Crippen molar-refractivity contribution < 1.29 is 14.1 Å². The number of nitrogens with one attached hydrogen (secondary N) is 2. The van der Waals surface area contributed by atoms with Gasteiger partial charge in [-0.1, -0.05) is 28.9 Å². The summed E-state index contributed by atoms with van der Waals surface area (Å²) in [6.07, 6.45) is 2.74. The van der Waals surface area contributed by atoms with Crippen molar-refractivity contribution in [3.8, 4) is 11.8 Å². The van der Waals surface area contributed by atoms with Gasteiger partial charge in [-0.25, -0.2) is 4.68 Å². The molecule has 0 aliphatic heterocycles. The zero-order chi connectivity index (χ0) is 22.7. The number of nitriles is 1. The Morgan fingerprint density at radius 3 is 2.69 bits per heavy atom. The fraction of sp³-hybridized carbons (Fsp3) is 0.0455. The van der Waals surface area contributed by atoms with Crippen molar-refractivity contribution in [2.24, 2.45) is 0 Å². The highest BCUT2D eigenvalue weighted by atomic mass is 35.5. The second-order valence-corrected chi connectivity index (χ2v) is 7.08. The minimum Gasteiger partial charge on any atom is -0.363 e. The number of rotatable bonds is 5. The number of para-hydroxylation sites is 1. The van der Waals surface area contributed by atoms with Crippen LogP contribution in [0, 0.1) is 18.3 Å². The van der Waals surface area contributed by atoms with Gasteiger partial charge in [0.2, 0.25) is 0 Å². The first-order valence-electron chi connectivity index (χ1n) is 9.34. The molecule has 0 aliphatic carbocycles. The normalized spacial score (nSPS) is 10.4. The summed E-state index contributed by atoms with van der Waals surface area (Å²) in [5.74, 6) is -0.640. The monoisotopic (exact) mass is 446 g/mol. The van der Waals surface area contributed by atoms with Crippen LogP contribution in [0.4, 0.5) is 11.5 Å². The summed E-state index contributed by atoms with van der Waals surface area (Å²) in [4.78, 5) is 25.3. The molecule has 10 heteroatoms. The number of halogens is 1. The zero-order valence-corrected chi connectivity index (χ0v) is 17.4. The predicted octanol–water partition coefficient (Wildman–Crippen LogP) is 4.20. The topological polar surface area (TPSA) is 126 Å². The van der Waals surface area contributed by atoms with Crippen LogP contribution in [0.2, 0.25) is 5.02 Å². The molecule has 0 bridgehead atoms. The third kappa shape index (κ3) is 4.08. The summed E-state index contributed by atoms with van der Waals surface area (Å²) in [7, 11) is 0. The summed E-state index contributed by atoms with van der Waals surface area (Å²) < 4.78 is 6.21. The van der Waals surface area contributed by atoms with Crippen LogP contribution in [0.15, 0.2) is 65.5 Å². The molecule has 0 spiro atoms. The van der Waals surface area contributed by atoms with E-state index in [2.05, 4.69) is 31.5 Å². The highest BCUT2D eigenvalue weighted by molar-refractivity contribution is 6.34. The molecule has 0 saturated heterocycles. The molecule has 0 radical (unpaired) electrons. The van der Waals surface area contributed by atoms with Crippen LogP contribution in [0.1, 0.15) is 32.0 Å². The molecular formula is C22H15ClN6O3. The minimum absolute atomic E-state index is 0.258. The van der Waals surface area contributed by atoms with Crippen molar-refractivity contribution >= 4 is 34.9 Å². The Balaban J connectivity index is 1.58. The van der Waals surface area contributed by atoms with Crippen LogP contribution < -0.4 is 10.6 Å². The van der Waals surface area contributed by atoms with E-state index < -0.39 is 11.8 Å². The van der Waals surface area contributed by atoms with Crippen LogP contribution in [0.5, 0.6) is 0 Å². The lowest BCUT2D eigenvalue weighted by Gasteiger charge is -2.10. The lowest BCUT2D eigenvalue weighted by molar-refractivity contribution is 0.101. The second kappa shape index (κ2) is 8.75. The van der Waals surface area contributed by atoms with Crippen molar-refractivity contribution in [1.82, 2.24) is 14.9 Å². The van der Waals surface area contributed by atoms with Gasteiger partial charge in [0.25, 0.3) is 11.8 Å². The van der Waals surface area contributed by atoms with E-state index in [-0.39, 0.29) is 22.1 Å². The molecule has 158 valence electrons. The first kappa shape index (κ1) is 20.8. The van der Waals surface area contributed by atoms with Crippen LogP contribution in [0.3, 0.4) is 0 Å². The van der Waals surface area contributed by atoms with Gasteiger partial charge in [-0.3, -0.25) is 9.59 Å². The van der Waals surface area contributed by atoms with E-state index in [4.69, 9.17) is 11.6 Å². The maximum Gasteiger partial charge on any atom is 0.259 e. The molecule has 2 amide bonds. The number of amides is 2. The van der Waals surface area contributed by atoms with Gasteiger partial charge in [0.05, 0.1) is 39.4 Å². The van der Waals surface area contributed by atoms with Crippen LogP contribution >= 0.6 is 11.6 Å². The number of hydrogen-bond donors (Lipinski definition) is 2. The van der Waals surface area contributed by atoms with Crippen LogP contribution in [0.25, 0.3) is 5.69 Å². The molecule has 2 N–H and O–H groups in total. The van der Waals surface area contributed by atoms with Gasteiger partial charge in [0, 0.05) is 11.6 Å². The Hall–Kier alpha value is -4.42. The number of benzene rings is 2. The minimum atomic E-state index is -0.459. The van der Waals surface area contributed by atoms with Crippen molar-refractivity contribution in [1.29, 1.82) is 5.26 Å². The molecule has 9 nitrogen and oxygen atoms in total. The Kier molecular flexibility index (Phi) is 5.70. The Bertz CT molecular complexity index is 1350. The van der Waals surface area contributed by atoms with Gasteiger partial charge >= 0.3 is 0 Å². The molecule has 2 aromatic carbocycles. The fourth-order valence-electron chi connectivity index (χ4n) is 3.05. The lowest BCUT2D eigenvalue weighted by Crippen LogP contribution is -2.16. The van der Waals surface area contributed by atoms with E-state index in [9.17, 15) is 14.9 Å². The van der Waals surface area contributed by atoms with Gasteiger partial charge in [0.1, 0.15) is 12.3 Å². The van der Waals surface area contributed by atoms with Gasteiger partial charge in [-0.05, 0) is 37.3 Å². The molecule has 0 aliphatic rings. The number of nitrogens with zero attached hydrogens (tertiary/aromatic N) is 4. The van der Waals surface area contributed by atoms with Crippen molar-refractivity contribution in [3.63, 3.8) is 0 Å². The summed E-state index contributed by atoms with van der Waals surface area (Å²) in [5.41, 5.74) is 2.36. The second-order valence-electron chi connectivity index (χ2n) is 6.67. The van der Waals surface area contributed by atoms with E-state index in [0.717, 1.165) is 0 Å². The van der Waals surface area contributed by atoms with Crippen LogP contribution in [-0.2, 0) is 0 Å². The molecule has 32 heavy (non-hydrogen) atoms. The van der Waals surface area contributed by atoms with E-state index in [1.807, 2.05) is 0 Å². The Morgan fingerprint density at radius 1 is 1.12 bits per heavy atom. The Labute approximate surface area is 187 Å². The third-order valence-electron chi connectivity index (χ3n) is 4.66. The van der Waals surface area contributed by atoms with E-state index >= 15 is 0 Å². The lowest BCUT2D eigenvalue weighted by atomic mass is 10.1. The fourth-order valence-corrected chi connectivity index (χ4v) is 3.21. The summed E-state index contributed by atoms with van der Waals surface area (Å²) in [6, 6.07) is 15.1. The van der Waals surface area contributed by atoms with E-state index in [0.29, 0.717) is 22.5 Å². The highest BCUT2D eigenvalue weighted by Crippen LogP contribution is 2.25. The first-order valence-corrected chi connectivity index (χ1v) is 9.72. The van der Waals surface area contributed by atoms with Crippen molar-refractivity contribution in [2.75, 3.05) is 10.6 Å². The van der Waals surface area contributed by atoms with E-state index in [1.54, 1.807) is 31.2 Å². The summed E-state index contributed by atoms with van der Waals surface area (Å²) in [6.45, 7) is 1.72. The van der Waals surface area contributed by atoms with Gasteiger partial charge in [0.15, 0.2) is 5.82 Å². The summed E-state index contributed by atoms with van der Waals surface area (Å²) in [5, 5.41) is 22.8. The molecule has 0 fully saturated rings.